The SMILES string of the molecule is CC(C)CC(N)Cc1ccc2c(c1)CCN2C(=O)C(C)C. The van der Waals surface area contributed by atoms with Crippen LogP contribution < -0.4 is 10.6 Å². The molecule has 1 unspecified atom stereocenters. The largest absolute Gasteiger partial charge is 0.327 e. The molecule has 1 amide bonds. The topological polar surface area (TPSA) is 46.3 Å². The molecule has 2 rings (SSSR count). The van der Waals surface area contributed by atoms with E-state index >= 15 is 0 Å². The van der Waals surface area contributed by atoms with Gasteiger partial charge in [-0.25, -0.2) is 0 Å². The second-order valence-electron chi connectivity index (χ2n) is 6.95. The standard InChI is InChI=1S/C18H28N2O/c1-12(2)9-16(19)11-14-5-6-17-15(10-14)7-8-20(17)18(21)13(3)4/h5-6,10,12-13,16H,7-9,11,19H2,1-4H3. The number of carbonyl (C=O) groups is 1. The second kappa shape index (κ2) is 6.61. The van der Waals surface area contributed by atoms with Crippen LogP contribution in [0.25, 0.3) is 0 Å². The molecule has 0 radical (unpaired) electrons. The van der Waals surface area contributed by atoms with Crippen molar-refractivity contribution >= 4 is 11.6 Å². The molecule has 1 heterocycles. The Hall–Kier alpha value is -1.35. The fraction of sp³-hybridized carbons (Fsp3) is 0.611. The predicted molar refractivity (Wildman–Crippen MR) is 88.5 cm³/mol. The van der Waals surface area contributed by atoms with Gasteiger partial charge in [-0.15, -0.1) is 0 Å². The van der Waals surface area contributed by atoms with Crippen LogP contribution in [0.1, 0.15) is 45.2 Å². The molecule has 1 aliphatic heterocycles. The average Bonchev–Trinajstić information content (AvgIpc) is 2.79. The lowest BCUT2D eigenvalue weighted by atomic mass is 9.96. The van der Waals surface area contributed by atoms with Crippen LogP contribution in [-0.4, -0.2) is 18.5 Å². The third kappa shape index (κ3) is 3.85. The zero-order valence-corrected chi connectivity index (χ0v) is 13.7. The van der Waals surface area contributed by atoms with Crippen molar-refractivity contribution in [3.63, 3.8) is 0 Å². The molecule has 0 aromatic heterocycles. The van der Waals surface area contributed by atoms with Gasteiger partial charge in [0.1, 0.15) is 0 Å². The van der Waals surface area contributed by atoms with Crippen molar-refractivity contribution in [3.05, 3.63) is 29.3 Å². The molecule has 0 saturated heterocycles. The van der Waals surface area contributed by atoms with Crippen LogP contribution >= 0.6 is 0 Å². The Bertz CT molecular complexity index is 508. The summed E-state index contributed by atoms with van der Waals surface area (Å²) in [6.07, 6.45) is 2.93. The third-order valence-corrected chi connectivity index (χ3v) is 4.07. The minimum absolute atomic E-state index is 0.0510. The van der Waals surface area contributed by atoms with Crippen LogP contribution in [-0.2, 0) is 17.6 Å². The van der Waals surface area contributed by atoms with Gasteiger partial charge in [0.25, 0.3) is 0 Å². The summed E-state index contributed by atoms with van der Waals surface area (Å²) in [4.78, 5) is 14.1. The smallest absolute Gasteiger partial charge is 0.229 e. The van der Waals surface area contributed by atoms with Gasteiger partial charge in [-0.3, -0.25) is 4.79 Å². The number of fused-ring (bicyclic) bond motifs is 1. The van der Waals surface area contributed by atoms with E-state index in [4.69, 9.17) is 5.73 Å². The van der Waals surface area contributed by atoms with Crippen molar-refractivity contribution in [1.29, 1.82) is 0 Å². The molecule has 116 valence electrons. The number of benzene rings is 1. The molecule has 2 N–H and O–H groups in total. The van der Waals surface area contributed by atoms with E-state index in [1.807, 2.05) is 18.7 Å². The van der Waals surface area contributed by atoms with Gasteiger partial charge in [-0.05, 0) is 42.4 Å². The first kappa shape index (κ1) is 16.0. The lowest BCUT2D eigenvalue weighted by molar-refractivity contribution is -0.121. The van der Waals surface area contributed by atoms with Gasteiger partial charge >= 0.3 is 0 Å². The van der Waals surface area contributed by atoms with E-state index in [1.165, 1.54) is 11.1 Å². The van der Waals surface area contributed by atoms with Crippen molar-refractivity contribution in [2.45, 2.75) is 53.0 Å². The highest BCUT2D eigenvalue weighted by atomic mass is 16.2. The minimum atomic E-state index is 0.0510. The van der Waals surface area contributed by atoms with Crippen molar-refractivity contribution < 1.29 is 4.79 Å². The molecule has 0 bridgehead atoms. The molecule has 3 heteroatoms. The van der Waals surface area contributed by atoms with Crippen LogP contribution in [0.3, 0.4) is 0 Å². The number of amides is 1. The van der Waals surface area contributed by atoms with E-state index in [1.54, 1.807) is 0 Å². The quantitative estimate of drug-likeness (QED) is 0.904. The molecule has 21 heavy (non-hydrogen) atoms. The summed E-state index contributed by atoms with van der Waals surface area (Å²) in [5.41, 5.74) is 9.88. The predicted octanol–water partition coefficient (Wildman–Crippen LogP) is 3.15. The Balaban J connectivity index is 2.09. The maximum Gasteiger partial charge on any atom is 0.229 e. The van der Waals surface area contributed by atoms with Crippen molar-refractivity contribution in [2.75, 3.05) is 11.4 Å². The summed E-state index contributed by atoms with van der Waals surface area (Å²) in [5.74, 6) is 0.904. The van der Waals surface area contributed by atoms with Gasteiger partial charge in [0.2, 0.25) is 5.91 Å². The Kier molecular flexibility index (Phi) is 5.04. The molecule has 1 aromatic carbocycles. The first-order valence-electron chi connectivity index (χ1n) is 8.07. The van der Waals surface area contributed by atoms with E-state index in [9.17, 15) is 4.79 Å². The van der Waals surface area contributed by atoms with Gasteiger partial charge in [0.05, 0.1) is 0 Å². The van der Waals surface area contributed by atoms with Gasteiger partial charge < -0.3 is 10.6 Å². The monoisotopic (exact) mass is 288 g/mol. The molecular weight excluding hydrogens is 260 g/mol. The first-order chi connectivity index (χ1) is 9.88. The van der Waals surface area contributed by atoms with Crippen LogP contribution in [0, 0.1) is 11.8 Å². The average molecular weight is 288 g/mol. The minimum Gasteiger partial charge on any atom is -0.327 e. The summed E-state index contributed by atoms with van der Waals surface area (Å²) in [6, 6.07) is 6.69. The molecule has 3 nitrogen and oxygen atoms in total. The maximum atomic E-state index is 12.2. The number of rotatable bonds is 5. The van der Waals surface area contributed by atoms with Gasteiger partial charge in [0.15, 0.2) is 0 Å². The number of hydrogen-bond acceptors (Lipinski definition) is 2. The van der Waals surface area contributed by atoms with Gasteiger partial charge in [0, 0.05) is 24.2 Å². The molecule has 0 fully saturated rings. The second-order valence-corrected chi connectivity index (χ2v) is 6.95. The van der Waals surface area contributed by atoms with E-state index in [0.29, 0.717) is 5.92 Å². The Morgan fingerprint density at radius 3 is 2.62 bits per heavy atom. The van der Waals surface area contributed by atoms with Crippen LogP contribution in [0.2, 0.25) is 0 Å². The van der Waals surface area contributed by atoms with E-state index in [-0.39, 0.29) is 17.9 Å². The van der Waals surface area contributed by atoms with Gasteiger partial charge in [-0.2, -0.15) is 0 Å². The highest BCUT2D eigenvalue weighted by Gasteiger charge is 2.26. The number of anilines is 1. The fourth-order valence-electron chi connectivity index (χ4n) is 3.11. The molecule has 0 spiro atoms. The molecule has 0 aliphatic carbocycles. The van der Waals surface area contributed by atoms with E-state index < -0.39 is 0 Å². The van der Waals surface area contributed by atoms with Crippen molar-refractivity contribution in [3.8, 4) is 0 Å². The fourth-order valence-corrected chi connectivity index (χ4v) is 3.11. The van der Waals surface area contributed by atoms with E-state index in [2.05, 4.69) is 32.0 Å². The van der Waals surface area contributed by atoms with Crippen molar-refractivity contribution in [1.82, 2.24) is 0 Å². The Morgan fingerprint density at radius 1 is 1.29 bits per heavy atom. The van der Waals surface area contributed by atoms with Gasteiger partial charge in [-0.1, -0.05) is 39.8 Å². The lowest BCUT2D eigenvalue weighted by Crippen LogP contribution is -2.32. The highest BCUT2D eigenvalue weighted by molar-refractivity contribution is 5.96. The van der Waals surface area contributed by atoms with Crippen molar-refractivity contribution in [2.24, 2.45) is 17.6 Å². The first-order valence-corrected chi connectivity index (χ1v) is 8.07. The summed E-state index contributed by atoms with van der Waals surface area (Å²) >= 11 is 0. The zero-order valence-electron chi connectivity index (χ0n) is 13.7. The number of nitrogens with zero attached hydrogens (tertiary/aromatic N) is 1. The molecule has 1 aromatic rings. The summed E-state index contributed by atoms with van der Waals surface area (Å²) in [5, 5.41) is 0. The summed E-state index contributed by atoms with van der Waals surface area (Å²) in [7, 11) is 0. The number of carbonyl (C=O) groups excluding carboxylic acids is 1. The summed E-state index contributed by atoms with van der Waals surface area (Å²) in [6.45, 7) is 9.14. The Morgan fingerprint density at radius 2 is 2.00 bits per heavy atom. The Labute approximate surface area is 128 Å². The highest BCUT2D eigenvalue weighted by Crippen LogP contribution is 2.30. The molecule has 1 aliphatic rings. The van der Waals surface area contributed by atoms with E-state index in [0.717, 1.165) is 31.5 Å². The molecular formula is C18H28N2O. The zero-order chi connectivity index (χ0) is 15.6. The normalized spacial score (nSPS) is 15.7. The molecule has 0 saturated carbocycles. The van der Waals surface area contributed by atoms with Crippen LogP contribution in [0.15, 0.2) is 18.2 Å². The number of hydrogen-bond donors (Lipinski definition) is 1. The van der Waals surface area contributed by atoms with Crippen LogP contribution in [0.5, 0.6) is 0 Å². The maximum absolute atomic E-state index is 12.2. The molecule has 1 atom stereocenters. The summed E-state index contributed by atoms with van der Waals surface area (Å²) < 4.78 is 0. The number of nitrogens with two attached hydrogens (primary N) is 1. The third-order valence-electron chi connectivity index (χ3n) is 4.07. The lowest BCUT2D eigenvalue weighted by Gasteiger charge is -2.20. The van der Waals surface area contributed by atoms with Crippen LogP contribution in [0.4, 0.5) is 5.69 Å².